The summed E-state index contributed by atoms with van der Waals surface area (Å²) in [6.45, 7) is 6.93. The molecule has 0 saturated heterocycles. The number of hydrogen-bond acceptors (Lipinski definition) is 4. The molecule has 0 bridgehead atoms. The SMILES string of the molecule is COC1C=C(O[Si](C)(C)C)CCC1C1=CC(=O)OC1. The summed E-state index contributed by atoms with van der Waals surface area (Å²) in [5.74, 6) is 1.02. The fourth-order valence-electron chi connectivity index (χ4n) is 2.56. The highest BCUT2D eigenvalue weighted by atomic mass is 28.4. The van der Waals surface area contributed by atoms with Gasteiger partial charge < -0.3 is 13.9 Å². The van der Waals surface area contributed by atoms with Gasteiger partial charge >= 0.3 is 5.97 Å². The highest BCUT2D eigenvalue weighted by Gasteiger charge is 2.32. The molecule has 2 aliphatic rings. The van der Waals surface area contributed by atoms with E-state index < -0.39 is 8.32 Å². The van der Waals surface area contributed by atoms with E-state index in [-0.39, 0.29) is 18.0 Å². The van der Waals surface area contributed by atoms with Crippen LogP contribution in [-0.2, 0) is 18.7 Å². The molecule has 0 aromatic carbocycles. The minimum absolute atomic E-state index is 0.0270. The van der Waals surface area contributed by atoms with Crippen LogP contribution in [0.15, 0.2) is 23.5 Å². The molecule has 2 atom stereocenters. The first-order valence-electron chi connectivity index (χ1n) is 6.69. The van der Waals surface area contributed by atoms with E-state index >= 15 is 0 Å². The van der Waals surface area contributed by atoms with Crippen LogP contribution in [0.1, 0.15) is 12.8 Å². The second kappa shape index (κ2) is 5.51. The number of esters is 1. The van der Waals surface area contributed by atoms with Gasteiger partial charge in [-0.1, -0.05) is 0 Å². The number of ether oxygens (including phenoxy) is 2. The van der Waals surface area contributed by atoms with Crippen LogP contribution in [0.3, 0.4) is 0 Å². The fraction of sp³-hybridized carbons (Fsp3) is 0.643. The smallest absolute Gasteiger partial charge is 0.331 e. The van der Waals surface area contributed by atoms with Gasteiger partial charge in [-0.15, -0.1) is 0 Å². The monoisotopic (exact) mass is 282 g/mol. The number of carbonyl (C=O) groups excluding carboxylic acids is 1. The van der Waals surface area contributed by atoms with E-state index in [9.17, 15) is 4.79 Å². The first kappa shape index (κ1) is 14.3. The molecule has 0 saturated carbocycles. The number of hydrogen-bond donors (Lipinski definition) is 0. The Bertz CT molecular complexity index is 420. The van der Waals surface area contributed by atoms with Crippen LogP contribution in [0.25, 0.3) is 0 Å². The van der Waals surface area contributed by atoms with Gasteiger partial charge in [-0.3, -0.25) is 0 Å². The van der Waals surface area contributed by atoms with Crippen molar-refractivity contribution in [2.24, 2.45) is 5.92 Å². The van der Waals surface area contributed by atoms with Crippen LogP contribution in [-0.4, -0.2) is 34.1 Å². The maximum atomic E-state index is 11.2. The number of methoxy groups -OCH3 is 1. The van der Waals surface area contributed by atoms with Crippen LogP contribution >= 0.6 is 0 Å². The summed E-state index contributed by atoms with van der Waals surface area (Å²) in [6.07, 6.45) is 5.49. The van der Waals surface area contributed by atoms with Gasteiger partial charge in [0.05, 0.1) is 11.9 Å². The van der Waals surface area contributed by atoms with Crippen molar-refractivity contribution in [3.8, 4) is 0 Å². The first-order chi connectivity index (χ1) is 8.89. The third-order valence-corrected chi connectivity index (χ3v) is 4.19. The van der Waals surface area contributed by atoms with Gasteiger partial charge in [0, 0.05) is 25.5 Å². The lowest BCUT2D eigenvalue weighted by Crippen LogP contribution is -2.31. The summed E-state index contributed by atoms with van der Waals surface area (Å²) in [5, 5.41) is 0. The summed E-state index contributed by atoms with van der Waals surface area (Å²) >= 11 is 0. The largest absolute Gasteiger partial charge is 0.547 e. The Hall–Kier alpha value is -1.07. The Kier molecular flexibility index (Phi) is 4.15. The Labute approximate surface area is 115 Å². The maximum absolute atomic E-state index is 11.2. The second-order valence-corrected chi connectivity index (χ2v) is 10.4. The predicted molar refractivity (Wildman–Crippen MR) is 75.1 cm³/mol. The van der Waals surface area contributed by atoms with Crippen molar-refractivity contribution >= 4 is 14.3 Å². The average molecular weight is 282 g/mol. The van der Waals surface area contributed by atoms with Gasteiger partial charge in [0.1, 0.15) is 6.61 Å². The lowest BCUT2D eigenvalue weighted by Gasteiger charge is -2.32. The Morgan fingerprint density at radius 2 is 2.11 bits per heavy atom. The quantitative estimate of drug-likeness (QED) is 0.587. The molecule has 0 N–H and O–H groups in total. The molecule has 4 nitrogen and oxygen atoms in total. The summed E-state index contributed by atoms with van der Waals surface area (Å²) in [7, 11) is 0.130. The van der Waals surface area contributed by atoms with Crippen molar-refractivity contribution in [3.05, 3.63) is 23.5 Å². The van der Waals surface area contributed by atoms with Crippen LogP contribution < -0.4 is 0 Å². The third kappa shape index (κ3) is 3.70. The highest BCUT2D eigenvalue weighted by molar-refractivity contribution is 6.70. The summed E-state index contributed by atoms with van der Waals surface area (Å²) in [6, 6.07) is 0. The molecule has 19 heavy (non-hydrogen) atoms. The Morgan fingerprint density at radius 3 is 2.63 bits per heavy atom. The molecular formula is C14H22O4Si. The van der Waals surface area contributed by atoms with E-state index in [4.69, 9.17) is 13.9 Å². The van der Waals surface area contributed by atoms with E-state index in [0.717, 1.165) is 24.2 Å². The first-order valence-corrected chi connectivity index (χ1v) is 10.1. The topological polar surface area (TPSA) is 44.8 Å². The van der Waals surface area contributed by atoms with Gasteiger partial charge in [-0.2, -0.15) is 0 Å². The zero-order valence-corrected chi connectivity index (χ0v) is 13.1. The Balaban J connectivity index is 2.10. The van der Waals surface area contributed by atoms with Crippen molar-refractivity contribution in [3.63, 3.8) is 0 Å². The van der Waals surface area contributed by atoms with Crippen molar-refractivity contribution in [2.45, 2.75) is 38.6 Å². The van der Waals surface area contributed by atoms with E-state index in [2.05, 4.69) is 25.7 Å². The molecule has 1 aliphatic carbocycles. The van der Waals surface area contributed by atoms with Crippen LogP contribution in [0.5, 0.6) is 0 Å². The van der Waals surface area contributed by atoms with E-state index in [1.165, 1.54) is 0 Å². The molecule has 5 heteroatoms. The number of allylic oxidation sites excluding steroid dienone is 1. The fourth-order valence-corrected chi connectivity index (χ4v) is 3.51. The zero-order chi connectivity index (χ0) is 14.0. The summed E-state index contributed by atoms with van der Waals surface area (Å²) < 4.78 is 16.6. The molecular weight excluding hydrogens is 260 g/mol. The molecule has 0 amide bonds. The van der Waals surface area contributed by atoms with Crippen molar-refractivity contribution in [1.29, 1.82) is 0 Å². The van der Waals surface area contributed by atoms with Gasteiger partial charge in [0.15, 0.2) is 0 Å². The van der Waals surface area contributed by atoms with E-state index in [0.29, 0.717) is 6.61 Å². The predicted octanol–water partition coefficient (Wildman–Crippen LogP) is 2.63. The molecule has 106 valence electrons. The minimum Gasteiger partial charge on any atom is -0.547 e. The molecule has 2 unspecified atom stereocenters. The van der Waals surface area contributed by atoms with Crippen molar-refractivity contribution in [1.82, 2.24) is 0 Å². The molecule has 1 aliphatic heterocycles. The van der Waals surface area contributed by atoms with Gasteiger partial charge in [0.2, 0.25) is 8.32 Å². The molecule has 0 aromatic rings. The molecule has 0 fully saturated rings. The molecule has 0 radical (unpaired) electrons. The lowest BCUT2D eigenvalue weighted by molar-refractivity contribution is -0.135. The van der Waals surface area contributed by atoms with Gasteiger partial charge in [0.25, 0.3) is 0 Å². The van der Waals surface area contributed by atoms with E-state index in [1.807, 2.05) is 0 Å². The van der Waals surface area contributed by atoms with Crippen molar-refractivity contribution < 1.29 is 18.7 Å². The normalized spacial score (nSPS) is 27.7. The molecule has 2 rings (SSSR count). The molecule has 1 heterocycles. The number of carbonyl (C=O) groups is 1. The minimum atomic E-state index is -1.57. The lowest BCUT2D eigenvalue weighted by atomic mass is 9.85. The summed E-state index contributed by atoms with van der Waals surface area (Å²) in [4.78, 5) is 11.2. The third-order valence-electron chi connectivity index (χ3n) is 3.32. The number of cyclic esters (lactones) is 1. The maximum Gasteiger partial charge on any atom is 0.331 e. The van der Waals surface area contributed by atoms with Crippen LogP contribution in [0, 0.1) is 5.92 Å². The van der Waals surface area contributed by atoms with Gasteiger partial charge in [-0.25, -0.2) is 4.79 Å². The molecule has 0 spiro atoms. The number of rotatable bonds is 4. The van der Waals surface area contributed by atoms with Crippen LogP contribution in [0.4, 0.5) is 0 Å². The summed E-state index contributed by atoms with van der Waals surface area (Å²) in [5.41, 5.74) is 1.04. The van der Waals surface area contributed by atoms with E-state index in [1.54, 1.807) is 13.2 Å². The highest BCUT2D eigenvalue weighted by Crippen LogP contribution is 2.34. The molecule has 0 aromatic heterocycles. The zero-order valence-electron chi connectivity index (χ0n) is 12.1. The van der Waals surface area contributed by atoms with Gasteiger partial charge in [-0.05, 0) is 37.7 Å². The Morgan fingerprint density at radius 1 is 1.37 bits per heavy atom. The van der Waals surface area contributed by atoms with Crippen molar-refractivity contribution in [2.75, 3.05) is 13.7 Å². The van der Waals surface area contributed by atoms with Crippen LogP contribution in [0.2, 0.25) is 19.6 Å². The standard InChI is InChI=1S/C14H22O4Si/c1-16-13-8-11(18-19(2,3)4)5-6-12(13)10-7-14(15)17-9-10/h7-8,12-13H,5-6,9H2,1-4H3. The second-order valence-electron chi connectivity index (χ2n) is 6.02. The average Bonchev–Trinajstić information content (AvgIpc) is 2.73.